The van der Waals surface area contributed by atoms with Crippen LogP contribution in [0.2, 0.25) is 0 Å². The van der Waals surface area contributed by atoms with Crippen molar-refractivity contribution in [3.05, 3.63) is 45.3 Å². The van der Waals surface area contributed by atoms with Gasteiger partial charge in [-0.2, -0.15) is 8.75 Å². The lowest BCUT2D eigenvalue weighted by Gasteiger charge is -2.33. The lowest BCUT2D eigenvalue weighted by molar-refractivity contribution is 0.201. The first kappa shape index (κ1) is 24.8. The number of hydrogen-bond acceptors (Lipinski definition) is 10. The number of aryl methyl sites for hydroxylation is 1. The lowest BCUT2D eigenvalue weighted by atomic mass is 10.2. The van der Waals surface area contributed by atoms with E-state index in [4.69, 9.17) is 4.42 Å². The number of aliphatic hydroxyl groups excluding tert-OH is 1. The molecule has 9 nitrogen and oxygen atoms in total. The van der Waals surface area contributed by atoms with E-state index in [1.165, 1.54) is 11.8 Å². The van der Waals surface area contributed by atoms with E-state index >= 15 is 0 Å². The van der Waals surface area contributed by atoms with E-state index in [9.17, 15) is 9.32 Å². The molecule has 0 saturated carbocycles. The van der Waals surface area contributed by atoms with E-state index in [-0.39, 0.29) is 5.76 Å². The Morgan fingerprint density at radius 2 is 2.06 bits per heavy atom. The Morgan fingerprint density at radius 1 is 1.31 bits per heavy atom. The molecule has 176 valence electrons. The topological polar surface area (TPSA) is 107 Å². The Morgan fingerprint density at radius 3 is 2.72 bits per heavy atom. The van der Waals surface area contributed by atoms with Crippen LogP contribution in [0.15, 0.2) is 38.4 Å². The average molecular weight is 499 g/mol. The fraction of sp³-hybridized carbons (Fsp3) is 0.500. The van der Waals surface area contributed by atoms with Crippen LogP contribution in [-0.2, 0) is 24.0 Å². The summed E-state index contributed by atoms with van der Waals surface area (Å²) in [6.45, 7) is 10.5. The Hall–Kier alpha value is -1.86. The molecule has 0 radical (unpaired) electrons. The number of aromatic nitrogens is 2. The third-order valence-electron chi connectivity index (χ3n) is 4.97. The number of rotatable bonds is 11. The first-order valence-corrected chi connectivity index (χ1v) is 13.2. The van der Waals surface area contributed by atoms with Crippen molar-refractivity contribution < 1.29 is 13.7 Å². The number of nitrogens with one attached hydrogen (secondary N) is 2. The molecule has 0 bridgehead atoms. The first-order valence-electron chi connectivity index (χ1n) is 10.5. The molecular formula is C20H30N6O3S3. The predicted molar refractivity (Wildman–Crippen MR) is 133 cm³/mol. The molecule has 1 aliphatic heterocycles. The van der Waals surface area contributed by atoms with Crippen molar-refractivity contribution in [1.29, 1.82) is 0 Å². The Kier molecular flexibility index (Phi) is 9.60. The summed E-state index contributed by atoms with van der Waals surface area (Å²) in [7, 11) is -1.39. The molecule has 12 heteroatoms. The third kappa shape index (κ3) is 6.82. The van der Waals surface area contributed by atoms with E-state index < -0.39 is 11.0 Å². The zero-order valence-electron chi connectivity index (χ0n) is 18.5. The van der Waals surface area contributed by atoms with Crippen molar-refractivity contribution in [3.63, 3.8) is 0 Å². The molecule has 1 fully saturated rings. The van der Waals surface area contributed by atoms with E-state index in [2.05, 4.69) is 38.1 Å². The molecule has 3 rings (SSSR count). The van der Waals surface area contributed by atoms with E-state index in [1.807, 2.05) is 10.4 Å². The fourth-order valence-electron chi connectivity index (χ4n) is 3.06. The number of furan rings is 1. The molecule has 1 aliphatic rings. The number of hydrogen-bond donors (Lipinski definition) is 3. The van der Waals surface area contributed by atoms with Crippen molar-refractivity contribution in [2.45, 2.75) is 33.7 Å². The lowest BCUT2D eigenvalue weighted by Crippen LogP contribution is -2.46. The van der Waals surface area contributed by atoms with Crippen LogP contribution in [0.3, 0.4) is 0 Å². The average Bonchev–Trinajstić information content (AvgIpc) is 3.46. The number of aliphatic hydroxyl groups is 1. The smallest absolute Gasteiger partial charge is 0.188 e. The largest absolute Gasteiger partial charge is 0.511 e. The summed E-state index contributed by atoms with van der Waals surface area (Å²) in [5, 5.41) is 18.1. The number of anilines is 2. The maximum absolute atomic E-state index is 12.9. The highest BCUT2D eigenvalue weighted by molar-refractivity contribution is 8.17. The maximum Gasteiger partial charge on any atom is 0.188 e. The predicted octanol–water partition coefficient (Wildman–Crippen LogP) is 3.97. The molecule has 0 aliphatic carbocycles. The normalized spacial score (nSPS) is 17.5. The van der Waals surface area contributed by atoms with Gasteiger partial charge in [-0.05, 0) is 36.9 Å². The minimum absolute atomic E-state index is 0.0680. The highest BCUT2D eigenvalue weighted by atomic mass is 32.2. The van der Waals surface area contributed by atoms with Gasteiger partial charge >= 0.3 is 0 Å². The first-order chi connectivity index (χ1) is 15.5. The van der Waals surface area contributed by atoms with Crippen LogP contribution in [0.25, 0.3) is 0 Å². The van der Waals surface area contributed by atoms with Crippen molar-refractivity contribution >= 4 is 46.1 Å². The van der Waals surface area contributed by atoms with Gasteiger partial charge in [-0.15, -0.1) is 0 Å². The van der Waals surface area contributed by atoms with Crippen LogP contribution in [0.4, 0.5) is 11.6 Å². The Labute approximate surface area is 199 Å². The monoisotopic (exact) mass is 498 g/mol. The second kappa shape index (κ2) is 12.4. The molecule has 0 amide bonds. The van der Waals surface area contributed by atoms with Gasteiger partial charge in [-0.25, -0.2) is 8.51 Å². The van der Waals surface area contributed by atoms with E-state index in [1.54, 1.807) is 24.8 Å². The number of nitrogens with zero attached hydrogens (tertiary/aromatic N) is 4. The highest BCUT2D eigenvalue weighted by Crippen LogP contribution is 2.27. The summed E-state index contributed by atoms with van der Waals surface area (Å²) >= 11 is 2.33. The highest BCUT2D eigenvalue weighted by Gasteiger charge is 2.24. The summed E-state index contributed by atoms with van der Waals surface area (Å²) in [4.78, 5) is 2.32. The van der Waals surface area contributed by atoms with E-state index in [0.29, 0.717) is 35.5 Å². The number of allylic oxidation sites excluding steroid dienone is 1. The van der Waals surface area contributed by atoms with Gasteiger partial charge in [0.15, 0.2) is 11.6 Å². The summed E-state index contributed by atoms with van der Waals surface area (Å²) in [5.74, 6) is 2.13. The number of piperazine rings is 1. The summed E-state index contributed by atoms with van der Waals surface area (Å²) in [5.41, 5.74) is 1.16. The molecule has 1 saturated heterocycles. The Balaban J connectivity index is 1.51. The number of thioether (sulfide) groups is 1. The third-order valence-corrected chi connectivity index (χ3v) is 8.44. The van der Waals surface area contributed by atoms with Gasteiger partial charge in [-0.1, -0.05) is 25.6 Å². The van der Waals surface area contributed by atoms with Crippen LogP contribution in [0.5, 0.6) is 0 Å². The molecule has 2 aromatic heterocycles. The summed E-state index contributed by atoms with van der Waals surface area (Å²) < 4.78 is 29.3. The minimum Gasteiger partial charge on any atom is -0.511 e. The van der Waals surface area contributed by atoms with Crippen molar-refractivity contribution in [2.24, 2.45) is 0 Å². The van der Waals surface area contributed by atoms with Gasteiger partial charge < -0.3 is 25.1 Å². The molecule has 0 spiro atoms. The maximum atomic E-state index is 12.9. The van der Waals surface area contributed by atoms with Gasteiger partial charge in [0.05, 0.1) is 24.5 Å². The van der Waals surface area contributed by atoms with Gasteiger partial charge in [-0.3, -0.25) is 0 Å². The molecule has 32 heavy (non-hydrogen) atoms. The second-order valence-corrected chi connectivity index (χ2v) is 10.3. The second-order valence-electron chi connectivity index (χ2n) is 7.14. The van der Waals surface area contributed by atoms with Crippen LogP contribution in [0, 0.1) is 0 Å². The quantitative estimate of drug-likeness (QED) is 0.397. The Bertz CT molecular complexity index is 946. The summed E-state index contributed by atoms with van der Waals surface area (Å²) in [6, 6.07) is 2.02. The van der Waals surface area contributed by atoms with Gasteiger partial charge in [0.25, 0.3) is 0 Å². The number of likely N-dealkylation sites (N-methyl/N-ethyl adjacent to an activating group) is 1. The van der Waals surface area contributed by atoms with Crippen LogP contribution in [0.1, 0.15) is 32.1 Å². The SMILES string of the molecule is CCc1coc(CNc2nsnc2N/C=C/S/C(=C(\C)O)S(=O)N2CCN(CC)CC2)c1. The molecule has 1 unspecified atom stereocenters. The van der Waals surface area contributed by atoms with Crippen molar-refractivity contribution in [2.75, 3.05) is 43.4 Å². The van der Waals surface area contributed by atoms with Gasteiger partial charge in [0.1, 0.15) is 26.7 Å². The van der Waals surface area contributed by atoms with Crippen molar-refractivity contribution in [1.82, 2.24) is 18.0 Å². The zero-order chi connectivity index (χ0) is 22.9. The molecule has 2 aromatic rings. The van der Waals surface area contributed by atoms with Gasteiger partial charge in [0, 0.05) is 32.4 Å². The van der Waals surface area contributed by atoms with Crippen LogP contribution < -0.4 is 10.6 Å². The molecular weight excluding hydrogens is 468 g/mol. The van der Waals surface area contributed by atoms with Gasteiger partial charge in [0.2, 0.25) is 0 Å². The summed E-state index contributed by atoms with van der Waals surface area (Å²) in [6.07, 6.45) is 4.39. The van der Waals surface area contributed by atoms with Crippen LogP contribution in [-0.4, -0.2) is 60.0 Å². The molecule has 0 aromatic carbocycles. The fourth-order valence-corrected chi connectivity index (χ4v) is 5.78. The van der Waals surface area contributed by atoms with E-state index in [0.717, 1.165) is 49.1 Å². The zero-order valence-corrected chi connectivity index (χ0v) is 21.0. The molecule has 3 heterocycles. The molecule has 3 N–H and O–H groups in total. The minimum atomic E-state index is -1.39. The van der Waals surface area contributed by atoms with Crippen LogP contribution >= 0.6 is 23.5 Å². The standard InChI is InChI=1S/C20H30N6O3S3/c1-4-16-12-17(29-14-16)13-22-19-18(23-31-24-19)21-6-11-30-20(15(3)27)32(28)26-9-7-25(5-2)8-10-26/h6,11-12,14,27H,4-5,7-10,13H2,1-3H3,(H,21,23)(H,22,24)/b11-6+,20-15-. The molecule has 1 atom stereocenters. The van der Waals surface area contributed by atoms with Crippen molar-refractivity contribution in [3.8, 4) is 0 Å².